The number of nitrogens with one attached hydrogen (secondary N) is 1. The van der Waals surface area contributed by atoms with Gasteiger partial charge in [0.05, 0.1) is 24.9 Å². The predicted octanol–water partition coefficient (Wildman–Crippen LogP) is 4.33. The number of rotatable bonds is 5. The van der Waals surface area contributed by atoms with E-state index in [0.717, 1.165) is 5.56 Å². The van der Waals surface area contributed by atoms with E-state index < -0.39 is 0 Å². The smallest absolute Gasteiger partial charge is 0.321 e. The molecular weight excluding hydrogens is 328 g/mol. The monoisotopic (exact) mass is 348 g/mol. The lowest BCUT2D eigenvalue weighted by Crippen LogP contribution is -2.31. The van der Waals surface area contributed by atoms with Gasteiger partial charge in [-0.2, -0.15) is 0 Å². The number of nitrogens with zero attached hydrogens (tertiary/aromatic N) is 1. The van der Waals surface area contributed by atoms with Gasteiger partial charge in [0.1, 0.15) is 11.5 Å². The molecule has 0 saturated heterocycles. The molecule has 2 rings (SSSR count). The Kier molecular flexibility index (Phi) is 5.93. The van der Waals surface area contributed by atoms with Crippen molar-refractivity contribution in [2.75, 3.05) is 26.6 Å². The number of benzene rings is 2. The molecule has 0 aliphatic carbocycles. The first-order chi connectivity index (χ1) is 11.4. The summed E-state index contributed by atoms with van der Waals surface area (Å²) in [4.78, 5) is 14.0. The minimum Gasteiger partial charge on any atom is -0.495 e. The standard InChI is InChI=1S/C18H21ClN2O3/c1-12-5-7-13(8-6-12)11-21(2)18(22)20-15-9-14(19)16(23-3)10-17(15)24-4/h5-10H,11H2,1-4H3,(H,20,22). The summed E-state index contributed by atoms with van der Waals surface area (Å²) in [6.07, 6.45) is 0. The second-order valence-corrected chi connectivity index (χ2v) is 5.87. The number of aryl methyl sites for hydroxylation is 1. The van der Waals surface area contributed by atoms with Crippen LogP contribution in [-0.2, 0) is 6.54 Å². The molecule has 2 aromatic carbocycles. The van der Waals surface area contributed by atoms with Crippen LogP contribution in [-0.4, -0.2) is 32.2 Å². The minimum atomic E-state index is -0.255. The summed E-state index contributed by atoms with van der Waals surface area (Å²) in [5, 5.41) is 3.20. The Bertz CT molecular complexity index is 717. The maximum atomic E-state index is 12.4. The summed E-state index contributed by atoms with van der Waals surface area (Å²) in [7, 11) is 4.77. The normalized spacial score (nSPS) is 10.2. The summed E-state index contributed by atoms with van der Waals surface area (Å²) in [5.41, 5.74) is 2.73. The highest BCUT2D eigenvalue weighted by Crippen LogP contribution is 2.36. The Morgan fingerprint density at radius 3 is 2.33 bits per heavy atom. The van der Waals surface area contributed by atoms with Gasteiger partial charge in [-0.3, -0.25) is 0 Å². The molecule has 0 atom stereocenters. The Hall–Kier alpha value is -2.40. The predicted molar refractivity (Wildman–Crippen MR) is 96.2 cm³/mol. The van der Waals surface area contributed by atoms with Crippen molar-refractivity contribution < 1.29 is 14.3 Å². The third-order valence-electron chi connectivity index (χ3n) is 3.60. The van der Waals surface area contributed by atoms with Gasteiger partial charge in [-0.05, 0) is 18.6 Å². The van der Waals surface area contributed by atoms with Gasteiger partial charge in [-0.25, -0.2) is 4.79 Å². The van der Waals surface area contributed by atoms with Gasteiger partial charge in [0, 0.05) is 19.7 Å². The van der Waals surface area contributed by atoms with Gasteiger partial charge in [-0.15, -0.1) is 0 Å². The zero-order chi connectivity index (χ0) is 17.7. The minimum absolute atomic E-state index is 0.255. The average molecular weight is 349 g/mol. The molecule has 2 aromatic rings. The molecule has 0 aromatic heterocycles. The molecule has 0 saturated carbocycles. The number of anilines is 1. The molecule has 6 heteroatoms. The third kappa shape index (κ3) is 4.32. The van der Waals surface area contributed by atoms with E-state index in [1.54, 1.807) is 24.1 Å². The van der Waals surface area contributed by atoms with Gasteiger partial charge < -0.3 is 19.7 Å². The van der Waals surface area contributed by atoms with E-state index in [-0.39, 0.29) is 6.03 Å². The van der Waals surface area contributed by atoms with Gasteiger partial charge in [0.25, 0.3) is 0 Å². The van der Waals surface area contributed by atoms with Crippen LogP contribution < -0.4 is 14.8 Å². The number of carbonyl (C=O) groups is 1. The van der Waals surface area contributed by atoms with Crippen molar-refractivity contribution in [1.82, 2.24) is 4.90 Å². The molecule has 24 heavy (non-hydrogen) atoms. The Balaban J connectivity index is 2.10. The van der Waals surface area contributed by atoms with Crippen LogP contribution in [0.15, 0.2) is 36.4 Å². The van der Waals surface area contributed by atoms with Gasteiger partial charge in [-0.1, -0.05) is 41.4 Å². The van der Waals surface area contributed by atoms with Crippen molar-refractivity contribution in [3.05, 3.63) is 52.5 Å². The van der Waals surface area contributed by atoms with E-state index in [9.17, 15) is 4.79 Å². The van der Waals surface area contributed by atoms with Crippen LogP contribution in [0.25, 0.3) is 0 Å². The first kappa shape index (κ1) is 17.9. The number of amides is 2. The summed E-state index contributed by atoms with van der Waals surface area (Å²) >= 11 is 6.12. The van der Waals surface area contributed by atoms with Crippen molar-refractivity contribution in [1.29, 1.82) is 0 Å². The maximum absolute atomic E-state index is 12.4. The van der Waals surface area contributed by atoms with Crippen molar-refractivity contribution in [3.63, 3.8) is 0 Å². The van der Waals surface area contributed by atoms with E-state index in [1.807, 2.05) is 31.2 Å². The quantitative estimate of drug-likeness (QED) is 0.875. The van der Waals surface area contributed by atoms with Crippen molar-refractivity contribution >= 4 is 23.3 Å². The molecule has 0 aliphatic heterocycles. The van der Waals surface area contributed by atoms with Gasteiger partial charge in [0.15, 0.2) is 0 Å². The molecule has 0 spiro atoms. The molecule has 1 N–H and O–H groups in total. The fourth-order valence-electron chi connectivity index (χ4n) is 2.21. The zero-order valence-electron chi connectivity index (χ0n) is 14.2. The van der Waals surface area contributed by atoms with E-state index in [2.05, 4.69) is 5.32 Å². The molecule has 5 nitrogen and oxygen atoms in total. The molecule has 0 bridgehead atoms. The lowest BCUT2D eigenvalue weighted by molar-refractivity contribution is 0.220. The van der Waals surface area contributed by atoms with Crippen LogP contribution in [0, 0.1) is 6.92 Å². The maximum Gasteiger partial charge on any atom is 0.321 e. The topological polar surface area (TPSA) is 50.8 Å². The van der Waals surface area contributed by atoms with E-state index in [0.29, 0.717) is 28.8 Å². The summed E-state index contributed by atoms with van der Waals surface area (Å²) in [6.45, 7) is 2.53. The number of ether oxygens (including phenoxy) is 2. The van der Waals surface area contributed by atoms with E-state index in [4.69, 9.17) is 21.1 Å². The number of methoxy groups -OCH3 is 2. The summed E-state index contributed by atoms with van der Waals surface area (Å²) < 4.78 is 10.4. The fourth-order valence-corrected chi connectivity index (χ4v) is 2.45. The molecule has 0 heterocycles. The zero-order valence-corrected chi connectivity index (χ0v) is 15.0. The number of halogens is 1. The first-order valence-corrected chi connectivity index (χ1v) is 7.81. The second kappa shape index (κ2) is 7.93. The van der Waals surface area contributed by atoms with Crippen molar-refractivity contribution in [2.45, 2.75) is 13.5 Å². The Labute approximate surface area is 147 Å². The molecule has 0 radical (unpaired) electrons. The number of hydrogen-bond acceptors (Lipinski definition) is 3. The molecule has 128 valence electrons. The molecule has 0 aliphatic rings. The highest BCUT2D eigenvalue weighted by molar-refractivity contribution is 6.32. The average Bonchev–Trinajstić information content (AvgIpc) is 2.57. The second-order valence-electron chi connectivity index (χ2n) is 5.46. The highest BCUT2D eigenvalue weighted by Gasteiger charge is 2.15. The first-order valence-electron chi connectivity index (χ1n) is 7.43. The van der Waals surface area contributed by atoms with Crippen LogP contribution in [0.3, 0.4) is 0 Å². The van der Waals surface area contributed by atoms with Crippen molar-refractivity contribution in [2.24, 2.45) is 0 Å². The highest BCUT2D eigenvalue weighted by atomic mass is 35.5. The van der Waals surface area contributed by atoms with Crippen LogP contribution in [0.2, 0.25) is 5.02 Å². The molecule has 2 amide bonds. The van der Waals surface area contributed by atoms with E-state index in [1.165, 1.54) is 19.8 Å². The summed E-state index contributed by atoms with van der Waals surface area (Å²) in [6, 6.07) is 11.0. The summed E-state index contributed by atoms with van der Waals surface area (Å²) in [5.74, 6) is 0.966. The van der Waals surface area contributed by atoms with Gasteiger partial charge in [0.2, 0.25) is 0 Å². The SMILES string of the molecule is COc1cc(OC)c(NC(=O)N(C)Cc2ccc(C)cc2)cc1Cl. The number of hydrogen-bond donors (Lipinski definition) is 1. The lowest BCUT2D eigenvalue weighted by Gasteiger charge is -2.20. The van der Waals surface area contributed by atoms with Gasteiger partial charge >= 0.3 is 6.03 Å². The molecular formula is C18H21ClN2O3. The Morgan fingerprint density at radius 1 is 1.12 bits per heavy atom. The van der Waals surface area contributed by atoms with Crippen LogP contribution in [0.5, 0.6) is 11.5 Å². The number of carbonyl (C=O) groups excluding carboxylic acids is 1. The number of urea groups is 1. The lowest BCUT2D eigenvalue weighted by atomic mass is 10.1. The fraction of sp³-hybridized carbons (Fsp3) is 0.278. The molecule has 0 fully saturated rings. The largest absolute Gasteiger partial charge is 0.495 e. The van der Waals surface area contributed by atoms with E-state index >= 15 is 0 Å². The molecule has 0 unspecified atom stereocenters. The third-order valence-corrected chi connectivity index (χ3v) is 3.90. The van der Waals surface area contributed by atoms with Crippen LogP contribution in [0.4, 0.5) is 10.5 Å². The Morgan fingerprint density at radius 2 is 1.75 bits per heavy atom. The van der Waals surface area contributed by atoms with Crippen LogP contribution in [0.1, 0.15) is 11.1 Å². The van der Waals surface area contributed by atoms with Crippen LogP contribution >= 0.6 is 11.6 Å². The van der Waals surface area contributed by atoms with Crippen molar-refractivity contribution in [3.8, 4) is 11.5 Å².